The summed E-state index contributed by atoms with van der Waals surface area (Å²) in [5.74, 6) is -5.64. The number of hydrogen-bond acceptors (Lipinski definition) is 4. The number of rotatable bonds is 4. The van der Waals surface area contributed by atoms with Crippen LogP contribution in [-0.2, 0) is 14.4 Å². The van der Waals surface area contributed by atoms with Gasteiger partial charge in [0.25, 0.3) is 0 Å². The minimum absolute atomic E-state index is 0.0626. The first kappa shape index (κ1) is 15.2. The normalized spacial score (nSPS) is 14.2. The van der Waals surface area contributed by atoms with Crippen molar-refractivity contribution in [3.05, 3.63) is 44.3 Å². The smallest absolute Gasteiger partial charge is 0.337 e. The van der Waals surface area contributed by atoms with Crippen molar-refractivity contribution in [2.75, 3.05) is 0 Å². The molecule has 0 aliphatic heterocycles. The first-order valence-corrected chi connectivity index (χ1v) is 6.52. The predicted molar refractivity (Wildman–Crippen MR) is 79.4 cm³/mol. The van der Waals surface area contributed by atoms with E-state index in [-0.39, 0.29) is 32.7 Å². The van der Waals surface area contributed by atoms with Gasteiger partial charge in [0.1, 0.15) is 0 Å². The maximum absolute atomic E-state index is 11.4. The van der Waals surface area contributed by atoms with Crippen molar-refractivity contribution in [3.8, 4) is 0 Å². The highest BCUT2D eigenvalue weighted by molar-refractivity contribution is 6.28. The van der Waals surface area contributed by atoms with Gasteiger partial charge in [0, 0.05) is 0 Å². The largest absolute Gasteiger partial charge is 0.478 e. The van der Waals surface area contributed by atoms with Gasteiger partial charge in [0.05, 0.1) is 22.3 Å². The Morgan fingerprint density at radius 1 is 0.708 bits per heavy atom. The SMILES string of the molecule is O=C(O)C1=Cc2c3c(cc(C(=O)O)c2=C1)=C(C(=O)O)C(C(=O)O)=C3. The van der Waals surface area contributed by atoms with Crippen LogP contribution < -0.4 is 10.4 Å². The standard InChI is InChI=1S/C16H8O8/c17-13(18)5-1-6-7(2-5)10(14(19)20)4-9-8(6)3-11(15(21)22)12(9)16(23)24/h1-4H,(H,17,18)(H,19,20)(H,21,22)(H,23,24). The van der Waals surface area contributed by atoms with Crippen molar-refractivity contribution in [1.82, 2.24) is 0 Å². The van der Waals surface area contributed by atoms with Gasteiger partial charge in [-0.3, -0.25) is 0 Å². The fraction of sp³-hybridized carbons (Fsp3) is 0. The van der Waals surface area contributed by atoms with E-state index in [4.69, 9.17) is 5.11 Å². The lowest BCUT2D eigenvalue weighted by Crippen LogP contribution is -2.25. The van der Waals surface area contributed by atoms with Gasteiger partial charge in [-0.2, -0.15) is 0 Å². The molecule has 0 unspecified atom stereocenters. The summed E-state index contributed by atoms with van der Waals surface area (Å²) in [6, 6.07) is 1.06. The van der Waals surface area contributed by atoms with E-state index in [0.717, 1.165) is 18.2 Å². The molecule has 8 heteroatoms. The summed E-state index contributed by atoms with van der Waals surface area (Å²) in [6.07, 6.45) is 3.47. The van der Waals surface area contributed by atoms with Crippen molar-refractivity contribution in [2.24, 2.45) is 0 Å². The third kappa shape index (κ3) is 2.01. The lowest BCUT2D eigenvalue weighted by Gasteiger charge is -2.03. The third-order valence-corrected chi connectivity index (χ3v) is 3.80. The van der Waals surface area contributed by atoms with E-state index in [0.29, 0.717) is 0 Å². The second-order valence-electron chi connectivity index (χ2n) is 5.11. The molecule has 0 spiro atoms. The summed E-state index contributed by atoms with van der Waals surface area (Å²) < 4.78 is 0. The van der Waals surface area contributed by atoms with Crippen LogP contribution in [0.3, 0.4) is 0 Å². The molecule has 0 saturated carbocycles. The summed E-state index contributed by atoms with van der Waals surface area (Å²) in [5.41, 5.74) is -1.13. The van der Waals surface area contributed by atoms with Gasteiger partial charge in [-0.1, -0.05) is 0 Å². The quantitative estimate of drug-likeness (QED) is 0.570. The highest BCUT2D eigenvalue weighted by Crippen LogP contribution is 2.25. The first-order chi connectivity index (χ1) is 11.2. The van der Waals surface area contributed by atoms with Crippen LogP contribution in [-0.4, -0.2) is 44.3 Å². The maximum atomic E-state index is 11.4. The molecule has 1 aromatic rings. The lowest BCUT2D eigenvalue weighted by atomic mass is 10.00. The summed E-state index contributed by atoms with van der Waals surface area (Å²) in [4.78, 5) is 45.3. The average Bonchev–Trinajstić information content (AvgIpc) is 3.07. The van der Waals surface area contributed by atoms with Crippen LogP contribution in [0.5, 0.6) is 0 Å². The van der Waals surface area contributed by atoms with Crippen molar-refractivity contribution >= 4 is 47.7 Å². The Morgan fingerprint density at radius 2 is 1.38 bits per heavy atom. The van der Waals surface area contributed by atoms with Crippen LogP contribution in [0, 0.1) is 0 Å². The van der Waals surface area contributed by atoms with Gasteiger partial charge in [-0.05, 0) is 45.9 Å². The summed E-state index contributed by atoms with van der Waals surface area (Å²) in [5, 5.41) is 36.9. The third-order valence-electron chi connectivity index (χ3n) is 3.80. The molecule has 120 valence electrons. The van der Waals surface area contributed by atoms with Crippen molar-refractivity contribution in [3.63, 3.8) is 0 Å². The number of aliphatic carboxylic acids is 3. The molecular formula is C16H8O8. The van der Waals surface area contributed by atoms with Crippen LogP contribution in [0.25, 0.3) is 23.8 Å². The number of carboxylic acids is 4. The van der Waals surface area contributed by atoms with Gasteiger partial charge in [0.15, 0.2) is 0 Å². The van der Waals surface area contributed by atoms with E-state index in [1.54, 1.807) is 0 Å². The molecule has 1 aromatic carbocycles. The van der Waals surface area contributed by atoms with E-state index >= 15 is 0 Å². The van der Waals surface area contributed by atoms with E-state index in [1.165, 1.54) is 6.08 Å². The Hall–Kier alpha value is -3.68. The maximum Gasteiger partial charge on any atom is 0.337 e. The van der Waals surface area contributed by atoms with Crippen LogP contribution in [0.1, 0.15) is 21.5 Å². The minimum Gasteiger partial charge on any atom is -0.478 e. The summed E-state index contributed by atoms with van der Waals surface area (Å²) in [6.45, 7) is 0. The molecule has 4 N–H and O–H groups in total. The van der Waals surface area contributed by atoms with Crippen LogP contribution in [0.15, 0.2) is 17.2 Å². The van der Waals surface area contributed by atoms with Gasteiger partial charge >= 0.3 is 23.9 Å². The highest BCUT2D eigenvalue weighted by atomic mass is 16.4. The molecule has 0 amide bonds. The molecule has 0 radical (unpaired) electrons. The molecule has 24 heavy (non-hydrogen) atoms. The fourth-order valence-corrected chi connectivity index (χ4v) is 2.82. The van der Waals surface area contributed by atoms with E-state index in [9.17, 15) is 34.5 Å². The van der Waals surface area contributed by atoms with Crippen molar-refractivity contribution in [2.45, 2.75) is 0 Å². The predicted octanol–water partition coefficient (Wildman–Crippen LogP) is -0.636. The number of hydrogen-bond donors (Lipinski definition) is 4. The zero-order valence-electron chi connectivity index (χ0n) is 11.7. The molecule has 0 aromatic heterocycles. The molecule has 2 aliphatic rings. The van der Waals surface area contributed by atoms with Gasteiger partial charge in [0.2, 0.25) is 0 Å². The highest BCUT2D eigenvalue weighted by Gasteiger charge is 2.30. The van der Waals surface area contributed by atoms with Gasteiger partial charge < -0.3 is 20.4 Å². The summed E-state index contributed by atoms with van der Waals surface area (Å²) in [7, 11) is 0. The van der Waals surface area contributed by atoms with Gasteiger partial charge in [-0.25, -0.2) is 19.2 Å². The monoisotopic (exact) mass is 328 g/mol. The number of carbonyl (C=O) groups is 4. The van der Waals surface area contributed by atoms with Crippen LogP contribution in [0.2, 0.25) is 0 Å². The van der Waals surface area contributed by atoms with Crippen molar-refractivity contribution < 1.29 is 39.6 Å². The molecule has 0 heterocycles. The van der Waals surface area contributed by atoms with E-state index < -0.39 is 35.0 Å². The second-order valence-corrected chi connectivity index (χ2v) is 5.11. The molecule has 0 saturated heterocycles. The molecule has 0 fully saturated rings. The number of aromatic carboxylic acids is 1. The Morgan fingerprint density at radius 3 is 1.88 bits per heavy atom. The van der Waals surface area contributed by atoms with E-state index in [2.05, 4.69) is 0 Å². The zero-order valence-corrected chi connectivity index (χ0v) is 11.7. The Labute approximate surface area is 132 Å². The molecule has 2 aliphatic carbocycles. The van der Waals surface area contributed by atoms with Gasteiger partial charge in [-0.15, -0.1) is 0 Å². The van der Waals surface area contributed by atoms with Crippen molar-refractivity contribution in [1.29, 1.82) is 0 Å². The molecular weight excluding hydrogens is 320 g/mol. The Kier molecular flexibility index (Phi) is 3.12. The topological polar surface area (TPSA) is 149 Å². The molecule has 0 bridgehead atoms. The summed E-state index contributed by atoms with van der Waals surface area (Å²) >= 11 is 0. The minimum atomic E-state index is -1.51. The van der Waals surface area contributed by atoms with Crippen LogP contribution in [0.4, 0.5) is 0 Å². The van der Waals surface area contributed by atoms with E-state index in [1.807, 2.05) is 0 Å². The Bertz CT molecular complexity index is 1050. The number of carboxylic acid groups (broad SMARTS) is 4. The number of fused-ring (bicyclic) bond motifs is 3. The lowest BCUT2D eigenvalue weighted by molar-refractivity contribution is -0.134. The first-order valence-electron chi connectivity index (χ1n) is 6.52. The molecule has 3 rings (SSSR count). The Balaban J connectivity index is 2.50. The van der Waals surface area contributed by atoms with Crippen LogP contribution >= 0.6 is 0 Å². The molecule has 0 atom stereocenters. The average molecular weight is 328 g/mol. The zero-order chi connectivity index (χ0) is 17.8. The number of benzene rings is 1. The molecule has 8 nitrogen and oxygen atoms in total. The second kappa shape index (κ2) is 4.92. The fourth-order valence-electron chi connectivity index (χ4n) is 2.82.